The first-order valence-electron chi connectivity index (χ1n) is 5.06. The van der Waals surface area contributed by atoms with Gasteiger partial charge in [-0.05, 0) is 25.4 Å². The van der Waals surface area contributed by atoms with Crippen LogP contribution in [0.1, 0.15) is 18.0 Å². The zero-order valence-corrected chi connectivity index (χ0v) is 8.48. The quantitative estimate of drug-likeness (QED) is 0.665. The van der Waals surface area contributed by atoms with Crippen LogP contribution in [0, 0.1) is 5.92 Å². The lowest BCUT2D eigenvalue weighted by Crippen LogP contribution is -2.38. The van der Waals surface area contributed by atoms with Crippen LogP contribution in [0.15, 0.2) is 6.20 Å². The molecule has 1 fully saturated rings. The van der Waals surface area contributed by atoms with Crippen LogP contribution >= 0.6 is 0 Å². The van der Waals surface area contributed by atoms with Crippen LogP contribution in [0.5, 0.6) is 0 Å². The lowest BCUT2D eigenvalue weighted by Gasteiger charge is -2.28. The summed E-state index contributed by atoms with van der Waals surface area (Å²) in [4.78, 5) is 0. The molecule has 2 heterocycles. The summed E-state index contributed by atoms with van der Waals surface area (Å²) >= 11 is 0. The summed E-state index contributed by atoms with van der Waals surface area (Å²) in [7, 11) is 1.94. The van der Waals surface area contributed by atoms with Crippen LogP contribution in [0.3, 0.4) is 0 Å². The molecule has 2 rings (SSSR count). The normalized spacial score (nSPS) is 27.9. The second-order valence-electron chi connectivity index (χ2n) is 3.98. The van der Waals surface area contributed by atoms with Gasteiger partial charge in [0.15, 0.2) is 0 Å². The average molecular weight is 195 g/mol. The van der Waals surface area contributed by atoms with Gasteiger partial charge in [-0.1, -0.05) is 5.21 Å². The minimum Gasteiger partial charge on any atom is -0.330 e. The standard InChI is InChI=1S/C9H17N5/c1-14-9(6-12-13-14)8-2-7(3-10)4-11-5-8/h6-8,11H,2-5,10H2,1H3. The summed E-state index contributed by atoms with van der Waals surface area (Å²) in [5.74, 6) is 1.10. The molecule has 1 aromatic rings. The van der Waals surface area contributed by atoms with Crippen molar-refractivity contribution in [3.8, 4) is 0 Å². The Morgan fingerprint density at radius 1 is 1.64 bits per heavy atom. The van der Waals surface area contributed by atoms with Gasteiger partial charge < -0.3 is 11.1 Å². The fraction of sp³-hybridized carbons (Fsp3) is 0.778. The molecular weight excluding hydrogens is 178 g/mol. The number of piperidine rings is 1. The molecule has 78 valence electrons. The first-order chi connectivity index (χ1) is 6.81. The summed E-state index contributed by atoms with van der Waals surface area (Å²) < 4.78 is 1.85. The molecule has 2 atom stereocenters. The molecule has 3 N–H and O–H groups in total. The smallest absolute Gasteiger partial charge is 0.0728 e. The van der Waals surface area contributed by atoms with E-state index in [1.54, 1.807) is 0 Å². The van der Waals surface area contributed by atoms with E-state index in [1.165, 1.54) is 5.69 Å². The van der Waals surface area contributed by atoms with Gasteiger partial charge in [0, 0.05) is 19.5 Å². The van der Waals surface area contributed by atoms with E-state index in [-0.39, 0.29) is 0 Å². The van der Waals surface area contributed by atoms with Crippen LogP contribution in [0.2, 0.25) is 0 Å². The molecule has 0 spiro atoms. The highest BCUT2D eigenvalue weighted by Gasteiger charge is 2.24. The van der Waals surface area contributed by atoms with Gasteiger partial charge in [-0.3, -0.25) is 4.68 Å². The number of nitrogens with two attached hydrogens (primary N) is 1. The van der Waals surface area contributed by atoms with Crippen molar-refractivity contribution < 1.29 is 0 Å². The lowest BCUT2D eigenvalue weighted by atomic mass is 9.88. The number of aromatic nitrogens is 3. The zero-order valence-electron chi connectivity index (χ0n) is 8.48. The van der Waals surface area contributed by atoms with Crippen molar-refractivity contribution >= 4 is 0 Å². The first-order valence-corrected chi connectivity index (χ1v) is 5.06. The predicted octanol–water partition coefficient (Wildman–Crippen LogP) is -0.533. The SMILES string of the molecule is Cn1nncc1C1CNCC(CN)C1. The van der Waals surface area contributed by atoms with Crippen molar-refractivity contribution in [2.24, 2.45) is 18.7 Å². The second kappa shape index (κ2) is 4.06. The van der Waals surface area contributed by atoms with Crippen molar-refractivity contribution in [2.75, 3.05) is 19.6 Å². The van der Waals surface area contributed by atoms with Crippen LogP contribution in [-0.4, -0.2) is 34.6 Å². The molecule has 5 nitrogen and oxygen atoms in total. The molecule has 1 aromatic heterocycles. The van der Waals surface area contributed by atoms with Gasteiger partial charge in [-0.2, -0.15) is 0 Å². The summed E-state index contributed by atoms with van der Waals surface area (Å²) in [5.41, 5.74) is 6.88. The van der Waals surface area contributed by atoms with E-state index in [1.807, 2.05) is 17.9 Å². The Morgan fingerprint density at radius 2 is 2.50 bits per heavy atom. The summed E-state index contributed by atoms with van der Waals surface area (Å²) in [6, 6.07) is 0. The fourth-order valence-electron chi connectivity index (χ4n) is 2.10. The van der Waals surface area contributed by atoms with Crippen LogP contribution < -0.4 is 11.1 Å². The van der Waals surface area contributed by atoms with Crippen molar-refractivity contribution in [3.63, 3.8) is 0 Å². The second-order valence-corrected chi connectivity index (χ2v) is 3.98. The third-order valence-electron chi connectivity index (χ3n) is 2.94. The van der Waals surface area contributed by atoms with Crippen molar-refractivity contribution in [2.45, 2.75) is 12.3 Å². The first kappa shape index (κ1) is 9.61. The number of aryl methyl sites for hydroxylation is 1. The molecule has 2 unspecified atom stereocenters. The Morgan fingerprint density at radius 3 is 3.14 bits per heavy atom. The van der Waals surface area contributed by atoms with Crippen LogP contribution in [-0.2, 0) is 7.05 Å². The van der Waals surface area contributed by atoms with E-state index in [4.69, 9.17) is 5.73 Å². The third-order valence-corrected chi connectivity index (χ3v) is 2.94. The molecule has 0 radical (unpaired) electrons. The molecule has 14 heavy (non-hydrogen) atoms. The number of nitrogens with one attached hydrogen (secondary N) is 1. The molecule has 1 aliphatic heterocycles. The fourth-order valence-corrected chi connectivity index (χ4v) is 2.10. The molecular formula is C9H17N5. The topological polar surface area (TPSA) is 68.8 Å². The molecule has 0 aromatic carbocycles. The van der Waals surface area contributed by atoms with Gasteiger partial charge in [0.1, 0.15) is 0 Å². The summed E-state index contributed by atoms with van der Waals surface area (Å²) in [6.45, 7) is 2.81. The number of hydrogen-bond donors (Lipinski definition) is 2. The molecule has 0 bridgehead atoms. The maximum Gasteiger partial charge on any atom is 0.0728 e. The molecule has 0 amide bonds. The largest absolute Gasteiger partial charge is 0.330 e. The molecule has 0 aliphatic carbocycles. The molecule has 5 heteroatoms. The zero-order chi connectivity index (χ0) is 9.97. The number of rotatable bonds is 2. The van der Waals surface area contributed by atoms with E-state index in [0.29, 0.717) is 11.8 Å². The Kier molecular flexibility index (Phi) is 2.79. The van der Waals surface area contributed by atoms with Crippen molar-refractivity contribution in [3.05, 3.63) is 11.9 Å². The van der Waals surface area contributed by atoms with Gasteiger partial charge in [-0.25, -0.2) is 0 Å². The van der Waals surface area contributed by atoms with Crippen molar-refractivity contribution in [1.82, 2.24) is 20.3 Å². The lowest BCUT2D eigenvalue weighted by molar-refractivity contribution is 0.338. The van der Waals surface area contributed by atoms with E-state index in [0.717, 1.165) is 26.1 Å². The molecule has 0 saturated carbocycles. The van der Waals surface area contributed by atoms with Gasteiger partial charge >= 0.3 is 0 Å². The van der Waals surface area contributed by atoms with E-state index in [9.17, 15) is 0 Å². The average Bonchev–Trinajstić information content (AvgIpc) is 2.65. The number of nitrogens with zero attached hydrogens (tertiary/aromatic N) is 3. The van der Waals surface area contributed by atoms with Gasteiger partial charge in [0.25, 0.3) is 0 Å². The maximum absolute atomic E-state index is 5.68. The Hall–Kier alpha value is -0.940. The monoisotopic (exact) mass is 195 g/mol. The van der Waals surface area contributed by atoms with Gasteiger partial charge in [0.2, 0.25) is 0 Å². The Balaban J connectivity index is 2.08. The van der Waals surface area contributed by atoms with Gasteiger partial charge in [0.05, 0.1) is 11.9 Å². The molecule has 1 aliphatic rings. The van der Waals surface area contributed by atoms with E-state index >= 15 is 0 Å². The van der Waals surface area contributed by atoms with E-state index < -0.39 is 0 Å². The van der Waals surface area contributed by atoms with Crippen molar-refractivity contribution in [1.29, 1.82) is 0 Å². The maximum atomic E-state index is 5.68. The predicted molar refractivity (Wildman–Crippen MR) is 53.8 cm³/mol. The summed E-state index contributed by atoms with van der Waals surface area (Å²) in [5, 5.41) is 11.3. The minimum atomic E-state index is 0.511. The molecule has 1 saturated heterocycles. The van der Waals surface area contributed by atoms with Gasteiger partial charge in [-0.15, -0.1) is 5.10 Å². The highest BCUT2D eigenvalue weighted by atomic mass is 15.4. The minimum absolute atomic E-state index is 0.511. The highest BCUT2D eigenvalue weighted by Crippen LogP contribution is 2.24. The third kappa shape index (κ3) is 1.78. The highest BCUT2D eigenvalue weighted by molar-refractivity contribution is 5.06. The Bertz CT molecular complexity index is 295. The Labute approximate surface area is 83.7 Å². The van der Waals surface area contributed by atoms with Crippen LogP contribution in [0.4, 0.5) is 0 Å². The van der Waals surface area contributed by atoms with E-state index in [2.05, 4.69) is 15.6 Å². The summed E-state index contributed by atoms with van der Waals surface area (Å²) in [6.07, 6.45) is 3.00. The van der Waals surface area contributed by atoms with Crippen LogP contribution in [0.25, 0.3) is 0 Å². The number of hydrogen-bond acceptors (Lipinski definition) is 4.